The van der Waals surface area contributed by atoms with Crippen LogP contribution in [0.5, 0.6) is 0 Å². The van der Waals surface area contributed by atoms with Crippen LogP contribution in [0.1, 0.15) is 34.1 Å². The third-order valence-electron chi connectivity index (χ3n) is 6.07. The fourth-order valence-electron chi connectivity index (χ4n) is 4.51. The zero-order chi connectivity index (χ0) is 24.4. The number of hydrogen-bond acceptors (Lipinski definition) is 7. The van der Waals surface area contributed by atoms with Gasteiger partial charge in [0.15, 0.2) is 0 Å². The van der Waals surface area contributed by atoms with Crippen molar-refractivity contribution < 1.29 is 29.0 Å². The number of aromatic nitrogens is 3. The highest BCUT2D eigenvalue weighted by Crippen LogP contribution is 2.44. The van der Waals surface area contributed by atoms with Crippen LogP contribution in [0.25, 0.3) is 11.1 Å². The van der Waals surface area contributed by atoms with Gasteiger partial charge in [0, 0.05) is 19.0 Å². The molecule has 35 heavy (non-hydrogen) atoms. The number of anilines is 1. The first-order valence-corrected chi connectivity index (χ1v) is 11.2. The van der Waals surface area contributed by atoms with Crippen LogP contribution in [0.3, 0.4) is 0 Å². The van der Waals surface area contributed by atoms with Gasteiger partial charge < -0.3 is 19.5 Å². The molecule has 1 atom stereocenters. The van der Waals surface area contributed by atoms with Gasteiger partial charge in [-0.25, -0.2) is 4.79 Å². The molecule has 2 heterocycles. The monoisotopic (exact) mass is 477 g/mol. The van der Waals surface area contributed by atoms with E-state index in [0.717, 1.165) is 22.3 Å². The first-order valence-electron chi connectivity index (χ1n) is 11.2. The van der Waals surface area contributed by atoms with E-state index in [4.69, 9.17) is 14.6 Å². The lowest BCUT2D eigenvalue weighted by atomic mass is 9.98. The van der Waals surface area contributed by atoms with Gasteiger partial charge in [-0.3, -0.25) is 20.0 Å². The number of hydrogen-bond donors (Lipinski definition) is 3. The van der Waals surface area contributed by atoms with Gasteiger partial charge in [0.25, 0.3) is 11.9 Å². The predicted molar refractivity (Wildman–Crippen MR) is 123 cm³/mol. The summed E-state index contributed by atoms with van der Waals surface area (Å²) in [6, 6.07) is 16.1. The molecular formula is C24H23N5O6. The minimum Gasteiger partial charge on any atom is -0.481 e. The number of benzene rings is 2. The van der Waals surface area contributed by atoms with Crippen molar-refractivity contribution in [2.75, 3.05) is 31.6 Å². The van der Waals surface area contributed by atoms with Crippen molar-refractivity contribution in [3.63, 3.8) is 0 Å². The van der Waals surface area contributed by atoms with E-state index < -0.39 is 24.1 Å². The van der Waals surface area contributed by atoms with Crippen LogP contribution in [0.4, 0.5) is 10.7 Å². The van der Waals surface area contributed by atoms with Crippen LogP contribution in [0.2, 0.25) is 0 Å². The smallest absolute Gasteiger partial charge is 0.414 e. The molecule has 0 radical (unpaired) electrons. The molecular weight excluding hydrogens is 454 g/mol. The Morgan fingerprint density at radius 2 is 1.80 bits per heavy atom. The van der Waals surface area contributed by atoms with Gasteiger partial charge in [-0.15, -0.1) is 5.10 Å². The zero-order valence-electron chi connectivity index (χ0n) is 18.6. The first-order chi connectivity index (χ1) is 17.0. The van der Waals surface area contributed by atoms with Crippen LogP contribution in [-0.2, 0) is 14.3 Å². The van der Waals surface area contributed by atoms with E-state index in [2.05, 4.69) is 32.6 Å². The second-order valence-electron chi connectivity index (χ2n) is 8.30. The average molecular weight is 477 g/mol. The molecule has 0 saturated carbocycles. The van der Waals surface area contributed by atoms with Crippen molar-refractivity contribution >= 4 is 23.9 Å². The highest BCUT2D eigenvalue weighted by atomic mass is 16.5. The summed E-state index contributed by atoms with van der Waals surface area (Å²) in [5, 5.41) is 17.8. The summed E-state index contributed by atoms with van der Waals surface area (Å²) < 4.78 is 10.9. The molecule has 1 aliphatic heterocycles. The van der Waals surface area contributed by atoms with E-state index in [1.807, 2.05) is 36.4 Å². The molecule has 5 rings (SSSR count). The molecule has 2 aromatic carbocycles. The Morgan fingerprint density at radius 3 is 2.49 bits per heavy atom. The first kappa shape index (κ1) is 22.5. The lowest BCUT2D eigenvalue weighted by Gasteiger charge is -2.31. The van der Waals surface area contributed by atoms with Crippen LogP contribution in [-0.4, -0.2) is 75.6 Å². The number of H-pyrrole nitrogens is 1. The maximum atomic E-state index is 12.7. The number of amides is 2. The number of morpholine rings is 1. The van der Waals surface area contributed by atoms with Crippen molar-refractivity contribution in [1.29, 1.82) is 0 Å². The van der Waals surface area contributed by atoms with Gasteiger partial charge in [0.1, 0.15) is 6.61 Å². The largest absolute Gasteiger partial charge is 0.481 e. The summed E-state index contributed by atoms with van der Waals surface area (Å²) >= 11 is 0. The molecule has 1 aromatic heterocycles. The Labute approximate surface area is 200 Å². The standard InChI is InChI=1S/C24H23N5O6/c30-20(31)11-14-12-29(9-10-34-14)22(32)21-25-23(28-27-21)26-24(33)35-13-19-17-7-3-1-5-15(17)16-6-2-4-8-18(16)19/h1-8,14,19H,9-13H2,(H,30,31)(H2,25,26,27,28,33). The molecule has 2 aliphatic rings. The zero-order valence-corrected chi connectivity index (χ0v) is 18.6. The normalized spacial score (nSPS) is 16.9. The topological polar surface area (TPSA) is 147 Å². The van der Waals surface area contributed by atoms with Gasteiger partial charge in [0.2, 0.25) is 5.82 Å². The Bertz CT molecular complexity index is 1230. The maximum absolute atomic E-state index is 12.7. The van der Waals surface area contributed by atoms with Crippen molar-refractivity contribution in [2.45, 2.75) is 18.4 Å². The molecule has 11 heteroatoms. The molecule has 3 aromatic rings. The summed E-state index contributed by atoms with van der Waals surface area (Å²) in [6.07, 6.45) is -1.53. The highest BCUT2D eigenvalue weighted by Gasteiger charge is 2.30. The Balaban J connectivity index is 1.19. The predicted octanol–water partition coefficient (Wildman–Crippen LogP) is 2.48. The Kier molecular flexibility index (Phi) is 6.15. The third kappa shape index (κ3) is 4.71. The summed E-state index contributed by atoms with van der Waals surface area (Å²) in [5.74, 6) is -1.72. The van der Waals surface area contributed by atoms with E-state index in [0.29, 0.717) is 6.54 Å². The number of carboxylic acids is 1. The second-order valence-corrected chi connectivity index (χ2v) is 8.30. The maximum Gasteiger partial charge on any atom is 0.414 e. The number of fused-ring (bicyclic) bond motifs is 3. The number of rotatable bonds is 6. The van der Waals surface area contributed by atoms with Gasteiger partial charge in [0.05, 0.1) is 19.1 Å². The number of carbonyl (C=O) groups excluding carboxylic acids is 2. The SMILES string of the molecule is O=C(O)CC1CN(C(=O)c2nc(NC(=O)OCC3c4ccccc4-c4ccccc43)n[nH]2)CCO1. The number of ether oxygens (including phenoxy) is 2. The van der Waals surface area contributed by atoms with Crippen LogP contribution >= 0.6 is 0 Å². The van der Waals surface area contributed by atoms with Gasteiger partial charge >= 0.3 is 12.1 Å². The van der Waals surface area contributed by atoms with Gasteiger partial charge in [-0.05, 0) is 22.3 Å². The van der Waals surface area contributed by atoms with E-state index in [-0.39, 0.29) is 43.9 Å². The number of aromatic amines is 1. The fraction of sp³-hybridized carbons (Fsp3) is 0.292. The number of carboxylic acid groups (broad SMARTS) is 1. The van der Waals surface area contributed by atoms with Crippen molar-refractivity contribution in [3.8, 4) is 11.1 Å². The summed E-state index contributed by atoms with van der Waals surface area (Å²) in [5.41, 5.74) is 4.45. The Morgan fingerprint density at radius 1 is 1.11 bits per heavy atom. The van der Waals surface area contributed by atoms with Gasteiger partial charge in [-0.2, -0.15) is 4.98 Å². The van der Waals surface area contributed by atoms with E-state index in [9.17, 15) is 14.4 Å². The molecule has 1 saturated heterocycles. The summed E-state index contributed by atoms with van der Waals surface area (Å²) in [4.78, 5) is 41.5. The third-order valence-corrected chi connectivity index (χ3v) is 6.07. The molecule has 1 fully saturated rings. The molecule has 180 valence electrons. The van der Waals surface area contributed by atoms with Crippen molar-refractivity contribution in [3.05, 3.63) is 65.5 Å². The number of aliphatic carboxylic acids is 1. The van der Waals surface area contributed by atoms with Crippen molar-refractivity contribution in [2.24, 2.45) is 0 Å². The molecule has 11 nitrogen and oxygen atoms in total. The molecule has 0 bridgehead atoms. The minimum absolute atomic E-state index is 0.0741. The van der Waals surface area contributed by atoms with Gasteiger partial charge in [-0.1, -0.05) is 48.5 Å². The van der Waals surface area contributed by atoms with Crippen LogP contribution in [0.15, 0.2) is 48.5 Å². The van der Waals surface area contributed by atoms with E-state index in [1.54, 1.807) is 0 Å². The quantitative estimate of drug-likeness (QED) is 0.491. The Hall–Kier alpha value is -4.25. The minimum atomic E-state index is -1.00. The molecule has 1 unspecified atom stereocenters. The highest BCUT2D eigenvalue weighted by molar-refractivity contribution is 5.91. The molecule has 3 N–H and O–H groups in total. The van der Waals surface area contributed by atoms with Crippen LogP contribution < -0.4 is 5.32 Å². The van der Waals surface area contributed by atoms with Crippen molar-refractivity contribution in [1.82, 2.24) is 20.1 Å². The molecule has 2 amide bonds. The van der Waals surface area contributed by atoms with E-state index in [1.165, 1.54) is 4.90 Å². The molecule has 1 aliphatic carbocycles. The number of nitrogens with zero attached hydrogens (tertiary/aromatic N) is 3. The fourth-order valence-corrected chi connectivity index (χ4v) is 4.51. The number of nitrogens with one attached hydrogen (secondary N) is 2. The second kappa shape index (κ2) is 9.55. The summed E-state index contributed by atoms with van der Waals surface area (Å²) in [7, 11) is 0. The lowest BCUT2D eigenvalue weighted by molar-refractivity contribution is -0.141. The molecule has 0 spiro atoms. The average Bonchev–Trinajstić information content (AvgIpc) is 3.45. The van der Waals surface area contributed by atoms with Crippen LogP contribution in [0, 0.1) is 0 Å². The lowest BCUT2D eigenvalue weighted by Crippen LogP contribution is -2.46. The van der Waals surface area contributed by atoms with E-state index >= 15 is 0 Å². The number of carbonyl (C=O) groups is 3. The summed E-state index contributed by atoms with van der Waals surface area (Å²) in [6.45, 7) is 0.781.